The van der Waals surface area contributed by atoms with Crippen LogP contribution in [-0.4, -0.2) is 5.11 Å². The largest absolute Gasteiger partial charge is 0.507 e. The van der Waals surface area contributed by atoms with E-state index >= 15 is 0 Å². The van der Waals surface area contributed by atoms with Crippen molar-refractivity contribution in [2.24, 2.45) is 5.90 Å². The first-order valence-corrected chi connectivity index (χ1v) is 3.22. The van der Waals surface area contributed by atoms with Gasteiger partial charge in [0.15, 0.2) is 5.75 Å². The van der Waals surface area contributed by atoms with Crippen LogP contribution in [-0.2, 0) is 6.18 Å². The van der Waals surface area contributed by atoms with Gasteiger partial charge in [-0.15, -0.1) is 0 Å². The molecule has 0 heterocycles. The molecule has 13 heavy (non-hydrogen) atoms. The summed E-state index contributed by atoms with van der Waals surface area (Å²) in [5, 5.41) is 8.90. The Morgan fingerprint density at radius 2 is 1.92 bits per heavy atom. The van der Waals surface area contributed by atoms with E-state index in [9.17, 15) is 13.2 Å². The number of hydrogen-bond donors (Lipinski definition) is 2. The number of phenols is 1. The Hall–Kier alpha value is -1.43. The summed E-state index contributed by atoms with van der Waals surface area (Å²) in [6.45, 7) is 0. The summed E-state index contributed by atoms with van der Waals surface area (Å²) in [5.74, 6) is 3.74. The molecule has 0 atom stereocenters. The molecule has 0 bridgehead atoms. The number of benzene rings is 1. The van der Waals surface area contributed by atoms with Gasteiger partial charge in [-0.1, -0.05) is 0 Å². The first-order chi connectivity index (χ1) is 5.95. The molecule has 72 valence electrons. The highest BCUT2D eigenvalue weighted by atomic mass is 19.4. The number of alkyl halides is 3. The number of halogens is 3. The Morgan fingerprint density at radius 3 is 2.31 bits per heavy atom. The predicted molar refractivity (Wildman–Crippen MR) is 37.9 cm³/mol. The maximum Gasteiger partial charge on any atom is 0.419 e. The topological polar surface area (TPSA) is 55.5 Å². The van der Waals surface area contributed by atoms with E-state index in [1.165, 1.54) is 0 Å². The minimum absolute atomic E-state index is 0.0366. The van der Waals surface area contributed by atoms with Crippen molar-refractivity contribution < 1.29 is 23.1 Å². The SMILES string of the molecule is NOc1ccc(C(F)(F)F)c(O)c1. The zero-order chi connectivity index (χ0) is 10.1. The van der Waals surface area contributed by atoms with Gasteiger partial charge in [-0.05, 0) is 12.1 Å². The van der Waals surface area contributed by atoms with Crippen LogP contribution in [0.5, 0.6) is 11.5 Å². The van der Waals surface area contributed by atoms with Gasteiger partial charge >= 0.3 is 6.18 Å². The van der Waals surface area contributed by atoms with Crippen LogP contribution < -0.4 is 10.7 Å². The quantitative estimate of drug-likeness (QED) is 0.667. The second kappa shape index (κ2) is 3.14. The molecular weight excluding hydrogens is 187 g/mol. The second-order valence-electron chi connectivity index (χ2n) is 2.29. The molecule has 0 aliphatic heterocycles. The zero-order valence-corrected chi connectivity index (χ0v) is 6.30. The fraction of sp³-hybridized carbons (Fsp3) is 0.143. The van der Waals surface area contributed by atoms with Crippen LogP contribution in [0.3, 0.4) is 0 Å². The molecule has 0 saturated carbocycles. The van der Waals surface area contributed by atoms with Crippen molar-refractivity contribution in [2.45, 2.75) is 6.18 Å². The maximum absolute atomic E-state index is 12.1. The van der Waals surface area contributed by atoms with Crippen molar-refractivity contribution in [2.75, 3.05) is 0 Å². The monoisotopic (exact) mass is 193 g/mol. The average Bonchev–Trinajstić information content (AvgIpc) is 2.01. The molecule has 6 heteroatoms. The van der Waals surface area contributed by atoms with Gasteiger partial charge in [0.25, 0.3) is 0 Å². The van der Waals surface area contributed by atoms with Crippen molar-refractivity contribution in [1.82, 2.24) is 0 Å². The highest BCUT2D eigenvalue weighted by Gasteiger charge is 2.33. The van der Waals surface area contributed by atoms with Crippen molar-refractivity contribution in [3.8, 4) is 11.5 Å². The number of nitrogens with two attached hydrogens (primary N) is 1. The number of rotatable bonds is 1. The van der Waals surface area contributed by atoms with Crippen molar-refractivity contribution >= 4 is 0 Å². The van der Waals surface area contributed by atoms with Crippen LogP contribution in [0.2, 0.25) is 0 Å². The molecule has 3 nitrogen and oxygen atoms in total. The molecule has 0 radical (unpaired) electrons. The van der Waals surface area contributed by atoms with Gasteiger partial charge in [0.1, 0.15) is 5.75 Å². The summed E-state index contributed by atoms with van der Waals surface area (Å²) in [7, 11) is 0. The normalized spacial score (nSPS) is 11.4. The Bertz CT molecular complexity index is 311. The van der Waals surface area contributed by atoms with Crippen LogP contribution in [0.1, 0.15) is 5.56 Å². The first kappa shape index (κ1) is 9.66. The number of hydrogen-bond acceptors (Lipinski definition) is 3. The third-order valence-corrected chi connectivity index (χ3v) is 1.41. The predicted octanol–water partition coefficient (Wildman–Crippen LogP) is 1.66. The Morgan fingerprint density at radius 1 is 1.31 bits per heavy atom. The standard InChI is InChI=1S/C7H6F3NO2/c8-7(9,10)5-2-1-4(13-11)3-6(5)12/h1-3,12H,11H2. The molecule has 0 aromatic heterocycles. The van der Waals surface area contributed by atoms with E-state index in [2.05, 4.69) is 10.7 Å². The second-order valence-corrected chi connectivity index (χ2v) is 2.29. The Labute approximate surface area is 71.5 Å². The molecule has 0 amide bonds. The minimum Gasteiger partial charge on any atom is -0.507 e. The van der Waals surface area contributed by atoms with Crippen LogP contribution in [0.4, 0.5) is 13.2 Å². The number of phenolic OH excluding ortho intramolecular Hbond substituents is 1. The van der Waals surface area contributed by atoms with E-state index in [4.69, 9.17) is 5.11 Å². The van der Waals surface area contributed by atoms with Crippen LogP contribution in [0.25, 0.3) is 0 Å². The minimum atomic E-state index is -4.57. The lowest BCUT2D eigenvalue weighted by molar-refractivity contribution is -0.138. The lowest BCUT2D eigenvalue weighted by Gasteiger charge is -2.09. The molecule has 0 saturated heterocycles. The summed E-state index contributed by atoms with van der Waals surface area (Å²) < 4.78 is 36.2. The smallest absolute Gasteiger partial charge is 0.419 e. The van der Waals surface area contributed by atoms with E-state index in [1.54, 1.807) is 0 Å². The molecule has 0 aliphatic rings. The van der Waals surface area contributed by atoms with Crippen molar-refractivity contribution in [3.63, 3.8) is 0 Å². The molecule has 0 aliphatic carbocycles. The lowest BCUT2D eigenvalue weighted by atomic mass is 10.2. The van der Waals surface area contributed by atoms with E-state index in [0.29, 0.717) is 6.07 Å². The third-order valence-electron chi connectivity index (χ3n) is 1.41. The first-order valence-electron chi connectivity index (χ1n) is 3.22. The molecule has 0 unspecified atom stereocenters. The van der Waals surface area contributed by atoms with E-state index in [1.807, 2.05) is 0 Å². The molecule has 3 N–H and O–H groups in total. The highest BCUT2D eigenvalue weighted by Crippen LogP contribution is 2.37. The van der Waals surface area contributed by atoms with Gasteiger partial charge in [-0.2, -0.15) is 19.1 Å². The van der Waals surface area contributed by atoms with Crippen molar-refractivity contribution in [1.29, 1.82) is 0 Å². The molecule has 0 spiro atoms. The zero-order valence-electron chi connectivity index (χ0n) is 6.30. The van der Waals surface area contributed by atoms with Gasteiger partial charge in [-0.25, -0.2) is 0 Å². The lowest BCUT2D eigenvalue weighted by Crippen LogP contribution is -2.06. The average molecular weight is 193 g/mol. The van der Waals surface area contributed by atoms with Crippen LogP contribution in [0, 0.1) is 0 Å². The molecular formula is C7H6F3NO2. The fourth-order valence-corrected chi connectivity index (χ4v) is 0.824. The van der Waals surface area contributed by atoms with Gasteiger partial charge in [0.05, 0.1) is 5.56 Å². The van der Waals surface area contributed by atoms with E-state index < -0.39 is 17.5 Å². The van der Waals surface area contributed by atoms with Crippen molar-refractivity contribution in [3.05, 3.63) is 23.8 Å². The molecule has 1 rings (SSSR count). The maximum atomic E-state index is 12.1. The Balaban J connectivity index is 3.13. The van der Waals surface area contributed by atoms with E-state index in [-0.39, 0.29) is 5.75 Å². The molecule has 0 fully saturated rings. The molecule has 1 aromatic carbocycles. The summed E-state index contributed by atoms with van der Waals surface area (Å²) in [5.41, 5.74) is -1.12. The van der Waals surface area contributed by atoms with Gasteiger partial charge in [0.2, 0.25) is 0 Å². The van der Waals surface area contributed by atoms with Gasteiger partial charge in [0, 0.05) is 6.07 Å². The summed E-state index contributed by atoms with van der Waals surface area (Å²) in [4.78, 5) is 4.14. The van der Waals surface area contributed by atoms with E-state index in [0.717, 1.165) is 12.1 Å². The summed E-state index contributed by atoms with van der Waals surface area (Å²) in [6, 6.07) is 2.50. The summed E-state index contributed by atoms with van der Waals surface area (Å²) >= 11 is 0. The molecule has 1 aromatic rings. The van der Waals surface area contributed by atoms with Gasteiger partial charge in [-0.3, -0.25) is 0 Å². The van der Waals surface area contributed by atoms with Gasteiger partial charge < -0.3 is 9.94 Å². The highest BCUT2D eigenvalue weighted by molar-refractivity contribution is 5.41. The van der Waals surface area contributed by atoms with Crippen LogP contribution in [0.15, 0.2) is 18.2 Å². The third kappa shape index (κ3) is 2.03. The summed E-state index contributed by atoms with van der Waals surface area (Å²) in [6.07, 6.45) is -4.57. The number of aromatic hydroxyl groups is 1. The fourth-order valence-electron chi connectivity index (χ4n) is 0.824. The Kier molecular flexibility index (Phi) is 2.33. The van der Waals surface area contributed by atoms with Crippen LogP contribution >= 0.6 is 0 Å².